The third-order valence-electron chi connectivity index (χ3n) is 3.53. The quantitative estimate of drug-likeness (QED) is 0.850. The van der Waals surface area contributed by atoms with Crippen LogP contribution < -0.4 is 0 Å². The molecule has 1 aliphatic rings. The van der Waals surface area contributed by atoms with E-state index in [9.17, 15) is 0 Å². The van der Waals surface area contributed by atoms with Gasteiger partial charge in [0.1, 0.15) is 5.82 Å². The van der Waals surface area contributed by atoms with E-state index in [1.165, 1.54) is 24.2 Å². The summed E-state index contributed by atoms with van der Waals surface area (Å²) in [6.45, 7) is 4.42. The summed E-state index contributed by atoms with van der Waals surface area (Å²) in [5, 5.41) is 0. The second-order valence-corrected chi connectivity index (χ2v) is 5.04. The maximum absolute atomic E-state index is 5.25. The van der Waals surface area contributed by atoms with E-state index in [4.69, 9.17) is 4.74 Å². The van der Waals surface area contributed by atoms with Crippen molar-refractivity contribution >= 4 is 0 Å². The zero-order valence-electron chi connectivity index (χ0n) is 10.5. The highest BCUT2D eigenvalue weighted by atomic mass is 16.5. The summed E-state index contributed by atoms with van der Waals surface area (Å²) >= 11 is 0. The number of nitrogens with one attached hydrogen (secondary N) is 1. The average Bonchev–Trinajstić information content (AvgIpc) is 2.67. The molecule has 2 unspecified atom stereocenters. The summed E-state index contributed by atoms with van der Waals surface area (Å²) in [5.41, 5.74) is 2.68. The Bertz CT molecular complexity index is 346. The summed E-state index contributed by atoms with van der Waals surface area (Å²) in [5.74, 6) is 1.95. The van der Waals surface area contributed by atoms with Crippen LogP contribution in [0.25, 0.3) is 0 Å². The van der Waals surface area contributed by atoms with Gasteiger partial charge in [-0.15, -0.1) is 0 Å². The fourth-order valence-electron chi connectivity index (χ4n) is 2.29. The van der Waals surface area contributed by atoms with Crippen molar-refractivity contribution in [3.8, 4) is 0 Å². The molecule has 0 saturated heterocycles. The number of hydrogen-bond donors (Lipinski definition) is 1. The molecule has 16 heavy (non-hydrogen) atoms. The molecule has 0 spiro atoms. The molecular weight excluding hydrogens is 200 g/mol. The summed E-state index contributed by atoms with van der Waals surface area (Å²) in [7, 11) is 1.76. The number of methoxy groups -OCH3 is 1. The van der Waals surface area contributed by atoms with Crippen molar-refractivity contribution in [3.63, 3.8) is 0 Å². The molecule has 0 bridgehead atoms. The van der Waals surface area contributed by atoms with Crippen LogP contribution in [0, 0.1) is 5.92 Å². The standard InChI is InChI=1S/C13H22N2O/c1-9-4-6-11-12(8-9)15-13(14-11)7-5-10(2)16-3/h9-10H,4-8H2,1-3H3,(H,14,15). The lowest BCUT2D eigenvalue weighted by Gasteiger charge is -2.15. The summed E-state index contributed by atoms with van der Waals surface area (Å²) in [6.07, 6.45) is 5.95. The maximum Gasteiger partial charge on any atom is 0.106 e. The van der Waals surface area contributed by atoms with Crippen molar-refractivity contribution < 1.29 is 4.74 Å². The van der Waals surface area contributed by atoms with Gasteiger partial charge in [-0.2, -0.15) is 0 Å². The van der Waals surface area contributed by atoms with E-state index < -0.39 is 0 Å². The first-order valence-electron chi connectivity index (χ1n) is 6.28. The van der Waals surface area contributed by atoms with Crippen LogP contribution >= 0.6 is 0 Å². The number of H-pyrrole nitrogens is 1. The van der Waals surface area contributed by atoms with Crippen LogP contribution in [0.2, 0.25) is 0 Å². The van der Waals surface area contributed by atoms with Crippen LogP contribution in [-0.2, 0) is 24.0 Å². The molecule has 2 rings (SSSR count). The predicted octanol–water partition coefficient (Wildman–Crippen LogP) is 2.50. The Kier molecular flexibility index (Phi) is 3.64. The molecule has 1 aromatic heterocycles. The summed E-state index contributed by atoms with van der Waals surface area (Å²) in [4.78, 5) is 8.16. The third kappa shape index (κ3) is 2.64. The molecule has 1 N–H and O–H groups in total. The number of aromatic nitrogens is 2. The molecule has 90 valence electrons. The molecule has 0 fully saturated rings. The first kappa shape index (κ1) is 11.6. The van der Waals surface area contributed by atoms with E-state index >= 15 is 0 Å². The highest BCUT2D eigenvalue weighted by Gasteiger charge is 2.19. The zero-order chi connectivity index (χ0) is 11.5. The van der Waals surface area contributed by atoms with Gasteiger partial charge in [-0.3, -0.25) is 0 Å². The molecule has 2 atom stereocenters. The van der Waals surface area contributed by atoms with Crippen molar-refractivity contribution in [2.45, 2.75) is 52.1 Å². The fourth-order valence-corrected chi connectivity index (χ4v) is 2.29. The van der Waals surface area contributed by atoms with Crippen LogP contribution in [-0.4, -0.2) is 23.2 Å². The molecule has 1 aliphatic carbocycles. The second-order valence-electron chi connectivity index (χ2n) is 5.04. The topological polar surface area (TPSA) is 37.9 Å². The van der Waals surface area contributed by atoms with Gasteiger partial charge in [-0.1, -0.05) is 6.92 Å². The molecule has 0 radical (unpaired) electrons. The number of hydrogen-bond acceptors (Lipinski definition) is 2. The predicted molar refractivity (Wildman–Crippen MR) is 64.6 cm³/mol. The SMILES string of the molecule is COC(C)CCc1nc2c([nH]1)CC(C)CC2. The van der Waals surface area contributed by atoms with Crippen molar-refractivity contribution in [2.24, 2.45) is 5.92 Å². The minimum Gasteiger partial charge on any atom is -0.382 e. The van der Waals surface area contributed by atoms with Crippen LogP contribution in [0.1, 0.15) is 43.9 Å². The van der Waals surface area contributed by atoms with Crippen LogP contribution in [0.5, 0.6) is 0 Å². The molecule has 1 heterocycles. The van der Waals surface area contributed by atoms with Crippen molar-refractivity contribution in [2.75, 3.05) is 7.11 Å². The maximum atomic E-state index is 5.25. The molecule has 0 saturated carbocycles. The first-order valence-corrected chi connectivity index (χ1v) is 6.28. The first-order chi connectivity index (χ1) is 7.69. The molecular formula is C13H22N2O. The minimum absolute atomic E-state index is 0.320. The van der Waals surface area contributed by atoms with Gasteiger partial charge in [0.2, 0.25) is 0 Å². The summed E-state index contributed by atoms with van der Waals surface area (Å²) in [6, 6.07) is 0. The van der Waals surface area contributed by atoms with E-state index in [1.807, 2.05) is 0 Å². The lowest BCUT2D eigenvalue weighted by molar-refractivity contribution is 0.111. The molecule has 0 amide bonds. The molecule has 1 aromatic rings. The number of fused-ring (bicyclic) bond motifs is 1. The molecule has 0 aliphatic heterocycles. The van der Waals surface area contributed by atoms with E-state index in [1.54, 1.807) is 7.11 Å². The number of nitrogens with zero attached hydrogens (tertiary/aromatic N) is 1. The van der Waals surface area contributed by atoms with Crippen LogP contribution in [0.4, 0.5) is 0 Å². The Hall–Kier alpha value is -0.830. The number of rotatable bonds is 4. The molecule has 3 heteroatoms. The molecule has 0 aromatic carbocycles. The average molecular weight is 222 g/mol. The monoisotopic (exact) mass is 222 g/mol. The zero-order valence-corrected chi connectivity index (χ0v) is 10.5. The Morgan fingerprint density at radius 2 is 2.38 bits per heavy atom. The highest BCUT2D eigenvalue weighted by Crippen LogP contribution is 2.23. The number of ether oxygens (including phenoxy) is 1. The van der Waals surface area contributed by atoms with Crippen molar-refractivity contribution in [3.05, 3.63) is 17.2 Å². The molecule has 3 nitrogen and oxygen atoms in total. The van der Waals surface area contributed by atoms with Gasteiger partial charge in [0.25, 0.3) is 0 Å². The van der Waals surface area contributed by atoms with Crippen molar-refractivity contribution in [1.29, 1.82) is 0 Å². The summed E-state index contributed by atoms with van der Waals surface area (Å²) < 4.78 is 5.25. The Balaban J connectivity index is 1.96. The van der Waals surface area contributed by atoms with Gasteiger partial charge in [-0.05, 0) is 38.5 Å². The van der Waals surface area contributed by atoms with Gasteiger partial charge in [0.15, 0.2) is 0 Å². The fraction of sp³-hybridized carbons (Fsp3) is 0.769. The van der Waals surface area contributed by atoms with E-state index in [0.717, 1.165) is 31.0 Å². The lowest BCUT2D eigenvalue weighted by atomic mass is 9.92. The second kappa shape index (κ2) is 5.00. The Morgan fingerprint density at radius 3 is 3.12 bits per heavy atom. The van der Waals surface area contributed by atoms with Crippen molar-refractivity contribution in [1.82, 2.24) is 9.97 Å². The van der Waals surface area contributed by atoms with E-state index in [-0.39, 0.29) is 0 Å². The van der Waals surface area contributed by atoms with E-state index in [2.05, 4.69) is 23.8 Å². The van der Waals surface area contributed by atoms with Gasteiger partial charge >= 0.3 is 0 Å². The lowest BCUT2D eigenvalue weighted by Crippen LogP contribution is -2.10. The smallest absolute Gasteiger partial charge is 0.106 e. The third-order valence-corrected chi connectivity index (χ3v) is 3.53. The Morgan fingerprint density at radius 1 is 1.56 bits per heavy atom. The largest absolute Gasteiger partial charge is 0.382 e. The van der Waals surface area contributed by atoms with Gasteiger partial charge in [0, 0.05) is 19.2 Å². The van der Waals surface area contributed by atoms with Crippen LogP contribution in [0.15, 0.2) is 0 Å². The van der Waals surface area contributed by atoms with Gasteiger partial charge < -0.3 is 9.72 Å². The Labute approximate surface area is 97.6 Å². The number of aromatic amines is 1. The van der Waals surface area contributed by atoms with E-state index in [0.29, 0.717) is 6.10 Å². The number of imidazole rings is 1. The normalized spacial score (nSPS) is 21.8. The number of aryl methyl sites for hydroxylation is 2. The highest BCUT2D eigenvalue weighted by molar-refractivity contribution is 5.18. The van der Waals surface area contributed by atoms with Gasteiger partial charge in [-0.25, -0.2) is 4.98 Å². The van der Waals surface area contributed by atoms with Crippen LogP contribution in [0.3, 0.4) is 0 Å². The minimum atomic E-state index is 0.320. The van der Waals surface area contributed by atoms with Gasteiger partial charge in [0.05, 0.1) is 11.8 Å².